The van der Waals surface area contributed by atoms with Crippen molar-refractivity contribution >= 4 is 28.7 Å². The topological polar surface area (TPSA) is 84.4 Å². The van der Waals surface area contributed by atoms with E-state index >= 15 is 0 Å². The number of nitro groups is 1. The summed E-state index contributed by atoms with van der Waals surface area (Å²) in [5, 5.41) is 15.5. The summed E-state index contributed by atoms with van der Waals surface area (Å²) in [5.74, 6) is 1.48. The van der Waals surface area contributed by atoms with Gasteiger partial charge in [-0.2, -0.15) is 0 Å². The molecule has 1 aliphatic rings. The van der Waals surface area contributed by atoms with Crippen molar-refractivity contribution in [1.29, 1.82) is 0 Å². The van der Waals surface area contributed by atoms with Crippen LogP contribution in [0.4, 0.5) is 11.4 Å². The van der Waals surface area contributed by atoms with Crippen LogP contribution in [0.5, 0.6) is 0 Å². The zero-order valence-corrected chi connectivity index (χ0v) is 20.1. The Hall–Kier alpha value is -4.04. The molecule has 8 heteroatoms. The van der Waals surface area contributed by atoms with Gasteiger partial charge >= 0.3 is 0 Å². The maximum Gasteiger partial charge on any atom is 0.280 e. The van der Waals surface area contributed by atoms with Crippen LogP contribution in [0.25, 0.3) is 11.3 Å². The molecule has 0 bridgehead atoms. The summed E-state index contributed by atoms with van der Waals surface area (Å²) in [5.41, 5.74) is 3.42. The Morgan fingerprint density at radius 1 is 1.03 bits per heavy atom. The third-order valence-electron chi connectivity index (χ3n) is 6.22. The van der Waals surface area contributed by atoms with Gasteiger partial charge in [-0.15, -0.1) is 0 Å². The smallest absolute Gasteiger partial charge is 0.280 e. The highest BCUT2D eigenvalue weighted by Gasteiger charge is 2.42. The number of para-hydroxylation sites is 1. The number of hydrogen-bond donors (Lipinski definition) is 1. The fraction of sp³-hybridized carbons (Fsp3) is 0.185. The second kappa shape index (κ2) is 9.31. The molecule has 5 rings (SSSR count). The number of thiocarbonyl (C=S) groups is 1. The Morgan fingerprint density at radius 3 is 2.46 bits per heavy atom. The van der Waals surface area contributed by atoms with Crippen molar-refractivity contribution in [1.82, 2.24) is 10.3 Å². The Bertz CT molecular complexity index is 1370. The van der Waals surface area contributed by atoms with Crippen molar-refractivity contribution in [3.8, 4) is 11.3 Å². The van der Waals surface area contributed by atoms with E-state index in [9.17, 15) is 10.1 Å². The number of nitrogens with one attached hydrogen (secondary N) is 1. The predicted octanol–water partition coefficient (Wildman–Crippen LogP) is 6.55. The number of furan rings is 1. The number of pyridine rings is 1. The van der Waals surface area contributed by atoms with E-state index in [4.69, 9.17) is 16.6 Å². The lowest BCUT2D eigenvalue weighted by Crippen LogP contribution is -2.29. The van der Waals surface area contributed by atoms with Gasteiger partial charge in [0.2, 0.25) is 0 Å². The van der Waals surface area contributed by atoms with E-state index in [1.165, 1.54) is 11.6 Å². The average molecular weight is 485 g/mol. The first-order chi connectivity index (χ1) is 16.9. The van der Waals surface area contributed by atoms with Crippen molar-refractivity contribution in [3.63, 3.8) is 0 Å². The fourth-order valence-electron chi connectivity index (χ4n) is 4.44. The van der Waals surface area contributed by atoms with Gasteiger partial charge in [0.25, 0.3) is 5.69 Å². The summed E-state index contributed by atoms with van der Waals surface area (Å²) in [4.78, 5) is 17.8. The predicted molar refractivity (Wildman–Crippen MR) is 139 cm³/mol. The summed E-state index contributed by atoms with van der Waals surface area (Å²) >= 11 is 5.77. The van der Waals surface area contributed by atoms with Gasteiger partial charge in [0.1, 0.15) is 17.6 Å². The summed E-state index contributed by atoms with van der Waals surface area (Å²) in [7, 11) is 0. The van der Waals surface area contributed by atoms with Gasteiger partial charge in [-0.25, -0.2) is 0 Å². The Kier molecular flexibility index (Phi) is 6.05. The molecule has 1 saturated heterocycles. The van der Waals surface area contributed by atoms with Gasteiger partial charge in [-0.1, -0.05) is 44.2 Å². The van der Waals surface area contributed by atoms with E-state index in [-0.39, 0.29) is 17.8 Å². The highest BCUT2D eigenvalue weighted by Crippen LogP contribution is 2.43. The summed E-state index contributed by atoms with van der Waals surface area (Å²) in [6.07, 6.45) is 1.75. The largest absolute Gasteiger partial charge is 0.459 e. The number of aromatic nitrogens is 1. The van der Waals surface area contributed by atoms with Crippen LogP contribution in [0.3, 0.4) is 0 Å². The van der Waals surface area contributed by atoms with Crippen molar-refractivity contribution in [2.75, 3.05) is 4.90 Å². The molecule has 35 heavy (non-hydrogen) atoms. The van der Waals surface area contributed by atoms with Crippen molar-refractivity contribution in [3.05, 3.63) is 112 Å². The van der Waals surface area contributed by atoms with Crippen LogP contribution in [0.2, 0.25) is 0 Å². The molecule has 2 aromatic carbocycles. The minimum atomic E-state index is -0.400. The molecule has 1 fully saturated rings. The Morgan fingerprint density at radius 2 is 1.77 bits per heavy atom. The lowest BCUT2D eigenvalue weighted by molar-refractivity contribution is -0.384. The molecular formula is C27H24N4O3S. The van der Waals surface area contributed by atoms with E-state index in [0.29, 0.717) is 28.1 Å². The first kappa shape index (κ1) is 22.7. The molecule has 0 radical (unpaired) electrons. The normalized spacial score (nSPS) is 17.6. The minimum absolute atomic E-state index is 0.00382. The van der Waals surface area contributed by atoms with Crippen LogP contribution in [-0.2, 0) is 0 Å². The minimum Gasteiger partial charge on any atom is -0.459 e. The second-order valence-electron chi connectivity index (χ2n) is 8.72. The summed E-state index contributed by atoms with van der Waals surface area (Å²) in [6, 6.07) is 23.7. The zero-order chi connectivity index (χ0) is 24.5. The first-order valence-corrected chi connectivity index (χ1v) is 11.8. The van der Waals surface area contributed by atoms with Gasteiger partial charge in [0.15, 0.2) is 5.11 Å². The molecular weight excluding hydrogens is 460 g/mol. The monoisotopic (exact) mass is 484 g/mol. The molecule has 7 nitrogen and oxygen atoms in total. The second-order valence-corrected chi connectivity index (χ2v) is 9.11. The number of hydrogen-bond acceptors (Lipinski definition) is 5. The third kappa shape index (κ3) is 4.28. The summed E-state index contributed by atoms with van der Waals surface area (Å²) in [6.45, 7) is 4.31. The van der Waals surface area contributed by atoms with E-state index in [1.54, 1.807) is 30.5 Å². The van der Waals surface area contributed by atoms with Crippen LogP contribution < -0.4 is 10.2 Å². The van der Waals surface area contributed by atoms with Gasteiger partial charge < -0.3 is 14.6 Å². The van der Waals surface area contributed by atoms with Crippen molar-refractivity contribution in [2.45, 2.75) is 31.8 Å². The Labute approximate surface area is 208 Å². The lowest BCUT2D eigenvalue weighted by Gasteiger charge is -2.26. The molecule has 0 spiro atoms. The van der Waals surface area contributed by atoms with E-state index in [0.717, 1.165) is 11.4 Å². The number of nitrogens with zero attached hydrogens (tertiary/aromatic N) is 3. The number of rotatable bonds is 6. The van der Waals surface area contributed by atoms with Crippen molar-refractivity contribution in [2.24, 2.45) is 0 Å². The zero-order valence-electron chi connectivity index (χ0n) is 19.3. The molecule has 0 aliphatic carbocycles. The maximum atomic E-state index is 11.6. The van der Waals surface area contributed by atoms with Gasteiger partial charge in [0.05, 0.1) is 22.2 Å². The SMILES string of the molecule is CC(C)c1ccc(N2C(=S)N[C@H](c3ccccn3)[C@@H]2c2ccc(-c3ccccc3[N+](=O)[O-])o2)cc1. The number of benzene rings is 2. The van der Waals surface area contributed by atoms with E-state index in [2.05, 4.69) is 48.4 Å². The van der Waals surface area contributed by atoms with Gasteiger partial charge in [0, 0.05) is 18.0 Å². The molecule has 2 aromatic heterocycles. The Balaban J connectivity index is 1.60. The molecule has 0 unspecified atom stereocenters. The molecule has 176 valence electrons. The van der Waals surface area contributed by atoms with E-state index in [1.807, 2.05) is 29.2 Å². The highest BCUT2D eigenvalue weighted by molar-refractivity contribution is 7.80. The molecule has 4 aromatic rings. The molecule has 3 heterocycles. The fourth-order valence-corrected chi connectivity index (χ4v) is 4.79. The van der Waals surface area contributed by atoms with Gasteiger partial charge in [-0.05, 0) is 66.2 Å². The van der Waals surface area contributed by atoms with Crippen LogP contribution in [0.15, 0.2) is 89.5 Å². The molecule has 1 N–H and O–H groups in total. The maximum absolute atomic E-state index is 11.6. The van der Waals surface area contributed by atoms with Crippen LogP contribution in [-0.4, -0.2) is 15.0 Å². The molecule has 0 amide bonds. The standard InChI is InChI=1S/C27H24N4O3S/c1-17(2)18-10-12-19(13-11-18)30-26(25(29-27(30)35)21-8-5-6-16-28-21)24-15-14-23(34-24)20-7-3-4-9-22(20)31(32)33/h3-17,25-26H,1-2H3,(H,29,35)/t25-,26+/m1/s1. The molecule has 2 atom stereocenters. The van der Waals surface area contributed by atoms with Gasteiger partial charge in [-0.3, -0.25) is 15.1 Å². The number of anilines is 1. The molecule has 0 saturated carbocycles. The third-order valence-corrected chi connectivity index (χ3v) is 6.54. The average Bonchev–Trinajstić information content (AvgIpc) is 3.49. The van der Waals surface area contributed by atoms with Crippen LogP contribution in [0.1, 0.15) is 48.9 Å². The highest BCUT2D eigenvalue weighted by atomic mass is 32.1. The quantitative estimate of drug-likeness (QED) is 0.189. The van der Waals surface area contributed by atoms with Crippen molar-refractivity contribution < 1.29 is 9.34 Å². The number of nitro benzene ring substituents is 1. The first-order valence-electron chi connectivity index (χ1n) is 11.4. The lowest BCUT2D eigenvalue weighted by atomic mass is 10.0. The van der Waals surface area contributed by atoms with Crippen LogP contribution in [0, 0.1) is 10.1 Å². The molecule has 1 aliphatic heterocycles. The van der Waals surface area contributed by atoms with E-state index < -0.39 is 4.92 Å². The summed E-state index contributed by atoms with van der Waals surface area (Å²) < 4.78 is 6.28. The van der Waals surface area contributed by atoms with Crippen LogP contribution >= 0.6 is 12.2 Å².